The number of carbonyl (C=O) groups is 2. The highest BCUT2D eigenvalue weighted by Crippen LogP contribution is 2.39. The van der Waals surface area contributed by atoms with E-state index in [0.717, 1.165) is 37.8 Å². The van der Waals surface area contributed by atoms with Gasteiger partial charge in [-0.05, 0) is 110 Å². The maximum absolute atomic E-state index is 14.0. The molecule has 1 saturated heterocycles. The Hall–Kier alpha value is -3.15. The summed E-state index contributed by atoms with van der Waals surface area (Å²) in [5, 5.41) is 11.9. The number of alkyl halides is 6. The smallest absolute Gasteiger partial charge is 0.416 e. The molecular weight excluding hydrogens is 605 g/mol. The van der Waals surface area contributed by atoms with Gasteiger partial charge in [0.2, 0.25) is 5.91 Å². The van der Waals surface area contributed by atoms with Gasteiger partial charge < -0.3 is 15.3 Å². The molecule has 0 spiro atoms. The lowest BCUT2D eigenvalue weighted by Crippen LogP contribution is -2.47. The molecule has 0 unspecified atom stereocenters. The summed E-state index contributed by atoms with van der Waals surface area (Å²) in [5.74, 6) is -2.64. The molecule has 2 aromatic rings. The first kappa shape index (κ1) is 34.7. The summed E-state index contributed by atoms with van der Waals surface area (Å²) < 4.78 is 94.2. The lowest BCUT2D eigenvalue weighted by molar-refractivity contribution is -0.143. The Morgan fingerprint density at radius 2 is 1.53 bits per heavy atom. The van der Waals surface area contributed by atoms with Crippen molar-refractivity contribution in [1.29, 1.82) is 0 Å². The van der Waals surface area contributed by atoms with Crippen molar-refractivity contribution < 1.29 is 45.4 Å². The Kier molecular flexibility index (Phi) is 10.9. The number of nitrogens with zero attached hydrogens (tertiary/aromatic N) is 1. The van der Waals surface area contributed by atoms with E-state index in [2.05, 4.69) is 10.2 Å². The van der Waals surface area contributed by atoms with Gasteiger partial charge in [0, 0.05) is 37.9 Å². The summed E-state index contributed by atoms with van der Waals surface area (Å²) in [7, 11) is 0. The Labute approximate surface area is 258 Å². The molecule has 1 heterocycles. The lowest BCUT2D eigenvalue weighted by Gasteiger charge is -2.41. The van der Waals surface area contributed by atoms with E-state index in [-0.39, 0.29) is 42.3 Å². The number of rotatable bonds is 9. The molecular formula is C33H39F7N2O3. The van der Waals surface area contributed by atoms with Gasteiger partial charge in [-0.25, -0.2) is 4.39 Å². The molecule has 1 saturated carbocycles. The fourth-order valence-electron chi connectivity index (χ4n) is 6.87. The number of nitrogens with one attached hydrogen (secondary N) is 1. The molecule has 0 radical (unpaired) electrons. The van der Waals surface area contributed by atoms with E-state index in [1.54, 1.807) is 13.0 Å². The summed E-state index contributed by atoms with van der Waals surface area (Å²) >= 11 is 0. The zero-order valence-electron chi connectivity index (χ0n) is 25.3. The van der Waals surface area contributed by atoms with E-state index in [1.807, 2.05) is 0 Å². The minimum atomic E-state index is -4.97. The molecule has 12 heteroatoms. The van der Waals surface area contributed by atoms with Crippen LogP contribution in [0.5, 0.6) is 0 Å². The molecule has 1 aliphatic carbocycles. The van der Waals surface area contributed by atoms with Crippen molar-refractivity contribution in [3.05, 3.63) is 70.0 Å². The van der Waals surface area contributed by atoms with Crippen molar-refractivity contribution in [3.8, 4) is 0 Å². The third-order valence-corrected chi connectivity index (χ3v) is 9.37. The van der Waals surface area contributed by atoms with Crippen LogP contribution in [0.15, 0.2) is 36.4 Å². The van der Waals surface area contributed by atoms with Crippen LogP contribution in [0.3, 0.4) is 0 Å². The number of aryl methyl sites for hydroxylation is 1. The number of carboxylic acids is 1. The SMILES string of the molecule is Cc1cc(F)ccc1[C@H]1CN(CC2CCC(CC(=O)O)CC2)CC[C@@H]1C(=O)NC[C@@H](C)c1cc(C(F)(F)F)cc(C(F)(F)F)c1. The van der Waals surface area contributed by atoms with Crippen LogP contribution in [0.1, 0.15) is 85.1 Å². The summed E-state index contributed by atoms with van der Waals surface area (Å²) in [5.41, 5.74) is -1.49. The summed E-state index contributed by atoms with van der Waals surface area (Å²) in [6, 6.07) is 5.86. The fraction of sp³-hybridized carbons (Fsp3) is 0.576. The van der Waals surface area contributed by atoms with Crippen LogP contribution in [-0.2, 0) is 21.9 Å². The van der Waals surface area contributed by atoms with Gasteiger partial charge in [-0.3, -0.25) is 9.59 Å². The number of amides is 1. The van der Waals surface area contributed by atoms with Gasteiger partial charge in [0.15, 0.2) is 0 Å². The highest BCUT2D eigenvalue weighted by Gasteiger charge is 2.39. The zero-order chi connectivity index (χ0) is 33.1. The lowest BCUT2D eigenvalue weighted by atomic mass is 9.77. The molecule has 2 aliphatic rings. The molecule has 4 rings (SSSR count). The maximum Gasteiger partial charge on any atom is 0.416 e. The number of aliphatic carboxylic acids is 1. The number of hydrogen-bond acceptors (Lipinski definition) is 3. The Morgan fingerprint density at radius 1 is 0.933 bits per heavy atom. The Bertz CT molecular complexity index is 1320. The first-order valence-corrected chi connectivity index (χ1v) is 15.3. The minimum Gasteiger partial charge on any atom is -0.481 e. The van der Waals surface area contributed by atoms with Crippen molar-refractivity contribution in [2.75, 3.05) is 26.2 Å². The number of carboxylic acid groups (broad SMARTS) is 1. The summed E-state index contributed by atoms with van der Waals surface area (Å²) in [4.78, 5) is 26.9. The van der Waals surface area contributed by atoms with Gasteiger partial charge in [0.25, 0.3) is 0 Å². The van der Waals surface area contributed by atoms with E-state index >= 15 is 0 Å². The van der Waals surface area contributed by atoms with E-state index in [4.69, 9.17) is 5.11 Å². The second-order valence-electron chi connectivity index (χ2n) is 12.7. The van der Waals surface area contributed by atoms with Crippen LogP contribution in [0.4, 0.5) is 30.7 Å². The Balaban J connectivity index is 1.46. The number of hydrogen-bond donors (Lipinski definition) is 2. The van der Waals surface area contributed by atoms with Gasteiger partial charge in [0.1, 0.15) is 5.82 Å². The number of benzene rings is 2. The highest BCUT2D eigenvalue weighted by atomic mass is 19.4. The molecule has 1 amide bonds. The van der Waals surface area contributed by atoms with E-state index in [0.29, 0.717) is 43.1 Å². The van der Waals surface area contributed by atoms with Gasteiger partial charge >= 0.3 is 18.3 Å². The van der Waals surface area contributed by atoms with Gasteiger partial charge in [0.05, 0.1) is 11.1 Å². The molecule has 2 fully saturated rings. The predicted octanol–water partition coefficient (Wildman–Crippen LogP) is 7.78. The van der Waals surface area contributed by atoms with Crippen LogP contribution in [0.25, 0.3) is 0 Å². The standard InChI is InChI=1S/C33H39F7N2O3/c1-19-11-26(34)7-8-27(19)29-18-42(17-22-5-3-21(4-6-22)12-30(43)44)10-9-28(29)31(45)41-16-20(2)23-13-24(32(35,36)37)15-25(14-23)33(38,39)40/h7-8,11,13-15,20-22,28-29H,3-6,9-10,12,16-18H2,1-2H3,(H,41,45)(H,43,44)/t20-,21?,22?,28+,29-/m1/s1. The van der Waals surface area contributed by atoms with Crippen LogP contribution >= 0.6 is 0 Å². The second-order valence-corrected chi connectivity index (χ2v) is 12.7. The molecule has 45 heavy (non-hydrogen) atoms. The van der Waals surface area contributed by atoms with Crippen LogP contribution < -0.4 is 5.32 Å². The van der Waals surface area contributed by atoms with Crippen LogP contribution in [-0.4, -0.2) is 48.1 Å². The van der Waals surface area contributed by atoms with Crippen LogP contribution in [0, 0.1) is 30.5 Å². The third kappa shape index (κ3) is 9.20. The predicted molar refractivity (Wildman–Crippen MR) is 154 cm³/mol. The number of likely N-dealkylation sites (tertiary alicyclic amines) is 1. The van der Waals surface area contributed by atoms with E-state index in [9.17, 15) is 40.3 Å². The summed E-state index contributed by atoms with van der Waals surface area (Å²) in [6.07, 6.45) is -5.75. The van der Waals surface area contributed by atoms with Gasteiger partial charge in [-0.2, -0.15) is 26.3 Å². The van der Waals surface area contributed by atoms with Crippen LogP contribution in [0.2, 0.25) is 0 Å². The molecule has 248 valence electrons. The molecule has 3 atom stereocenters. The normalized spacial score (nSPS) is 23.8. The van der Waals surface area contributed by atoms with Gasteiger partial charge in [-0.1, -0.05) is 13.0 Å². The third-order valence-electron chi connectivity index (χ3n) is 9.37. The molecule has 2 aromatic carbocycles. The van der Waals surface area contributed by atoms with E-state index < -0.39 is 47.1 Å². The highest BCUT2D eigenvalue weighted by molar-refractivity contribution is 5.80. The number of halogens is 7. The number of carbonyl (C=O) groups excluding carboxylic acids is 1. The summed E-state index contributed by atoms with van der Waals surface area (Å²) in [6.45, 7) is 5.00. The second kappa shape index (κ2) is 14.1. The van der Waals surface area contributed by atoms with Crippen molar-refractivity contribution in [1.82, 2.24) is 10.2 Å². The number of piperidine rings is 1. The van der Waals surface area contributed by atoms with Gasteiger partial charge in [-0.15, -0.1) is 0 Å². The molecule has 2 N–H and O–H groups in total. The quantitative estimate of drug-likeness (QED) is 0.274. The van der Waals surface area contributed by atoms with Crippen molar-refractivity contribution in [2.45, 2.75) is 76.6 Å². The first-order chi connectivity index (χ1) is 21.0. The zero-order valence-corrected chi connectivity index (χ0v) is 25.3. The fourth-order valence-corrected chi connectivity index (χ4v) is 6.87. The van der Waals surface area contributed by atoms with Crippen molar-refractivity contribution in [2.24, 2.45) is 17.8 Å². The van der Waals surface area contributed by atoms with Crippen molar-refractivity contribution in [3.63, 3.8) is 0 Å². The average molecular weight is 645 g/mol. The molecule has 0 bridgehead atoms. The Morgan fingerprint density at radius 3 is 2.09 bits per heavy atom. The molecule has 0 aromatic heterocycles. The molecule has 5 nitrogen and oxygen atoms in total. The van der Waals surface area contributed by atoms with E-state index in [1.165, 1.54) is 19.1 Å². The molecule has 1 aliphatic heterocycles. The topological polar surface area (TPSA) is 69.6 Å². The first-order valence-electron chi connectivity index (χ1n) is 15.3. The minimum absolute atomic E-state index is 0.0832. The maximum atomic E-state index is 14.0. The largest absolute Gasteiger partial charge is 0.481 e. The average Bonchev–Trinajstić information content (AvgIpc) is 2.95. The monoisotopic (exact) mass is 644 g/mol. The van der Waals surface area contributed by atoms with Crippen molar-refractivity contribution >= 4 is 11.9 Å².